The highest BCUT2D eigenvalue weighted by Gasteiger charge is 2.22. The summed E-state index contributed by atoms with van der Waals surface area (Å²) in [6, 6.07) is 10.8. The SMILES string of the molecule is OC(COCC1CCCO1)CN1CCC(c2ccccc2)CC1. The zero-order valence-electron chi connectivity index (χ0n) is 13.9. The molecule has 0 radical (unpaired) electrons. The lowest BCUT2D eigenvalue weighted by Gasteiger charge is -2.33. The molecule has 0 bridgehead atoms. The summed E-state index contributed by atoms with van der Waals surface area (Å²) in [5, 5.41) is 10.2. The Balaban J connectivity index is 1.32. The molecule has 1 aromatic rings. The van der Waals surface area contributed by atoms with Crippen molar-refractivity contribution in [3.05, 3.63) is 35.9 Å². The number of piperidine rings is 1. The van der Waals surface area contributed by atoms with Crippen molar-refractivity contribution in [3.63, 3.8) is 0 Å². The number of aliphatic hydroxyl groups is 1. The molecule has 1 N–H and O–H groups in total. The first kappa shape index (κ1) is 16.9. The van der Waals surface area contributed by atoms with Crippen molar-refractivity contribution in [2.24, 2.45) is 0 Å². The summed E-state index contributed by atoms with van der Waals surface area (Å²) in [6.45, 7) is 4.72. The average molecular weight is 319 g/mol. The van der Waals surface area contributed by atoms with E-state index in [1.807, 2.05) is 0 Å². The Kier molecular flexibility index (Phi) is 6.46. The summed E-state index contributed by atoms with van der Waals surface area (Å²) in [4.78, 5) is 2.36. The van der Waals surface area contributed by atoms with Gasteiger partial charge in [-0.2, -0.15) is 0 Å². The average Bonchev–Trinajstić information content (AvgIpc) is 3.10. The van der Waals surface area contributed by atoms with Crippen LogP contribution in [0.4, 0.5) is 0 Å². The van der Waals surface area contributed by atoms with Crippen molar-refractivity contribution in [3.8, 4) is 0 Å². The topological polar surface area (TPSA) is 41.9 Å². The Labute approximate surface area is 139 Å². The Morgan fingerprint density at radius 1 is 1.17 bits per heavy atom. The Hall–Kier alpha value is -0.940. The Morgan fingerprint density at radius 2 is 1.96 bits per heavy atom. The molecule has 1 aromatic carbocycles. The number of hydrogen-bond donors (Lipinski definition) is 1. The van der Waals surface area contributed by atoms with E-state index in [-0.39, 0.29) is 6.10 Å². The van der Waals surface area contributed by atoms with Crippen molar-refractivity contribution in [1.82, 2.24) is 4.90 Å². The number of nitrogens with zero attached hydrogens (tertiary/aromatic N) is 1. The maximum Gasteiger partial charge on any atom is 0.0900 e. The molecular weight excluding hydrogens is 290 g/mol. The lowest BCUT2D eigenvalue weighted by molar-refractivity contribution is -0.0267. The quantitative estimate of drug-likeness (QED) is 0.838. The highest BCUT2D eigenvalue weighted by atomic mass is 16.5. The van der Waals surface area contributed by atoms with E-state index in [4.69, 9.17) is 9.47 Å². The summed E-state index contributed by atoms with van der Waals surface area (Å²) in [6.07, 6.45) is 4.41. The van der Waals surface area contributed by atoms with E-state index < -0.39 is 6.10 Å². The van der Waals surface area contributed by atoms with E-state index in [9.17, 15) is 5.11 Å². The molecule has 2 heterocycles. The van der Waals surface area contributed by atoms with Gasteiger partial charge < -0.3 is 19.5 Å². The van der Waals surface area contributed by atoms with Crippen LogP contribution in [0.3, 0.4) is 0 Å². The van der Waals surface area contributed by atoms with Crippen LogP contribution < -0.4 is 0 Å². The van der Waals surface area contributed by atoms with Crippen LogP contribution in [0.5, 0.6) is 0 Å². The minimum Gasteiger partial charge on any atom is -0.389 e. The fraction of sp³-hybridized carbons (Fsp3) is 0.684. The van der Waals surface area contributed by atoms with Crippen LogP contribution in [0.25, 0.3) is 0 Å². The number of hydrogen-bond acceptors (Lipinski definition) is 4. The molecule has 4 heteroatoms. The number of β-amino-alcohol motifs (C(OH)–C–C–N with tert-alkyl or cyclic N) is 1. The monoisotopic (exact) mass is 319 g/mol. The van der Waals surface area contributed by atoms with E-state index in [1.165, 1.54) is 18.4 Å². The maximum absolute atomic E-state index is 10.2. The summed E-state index contributed by atoms with van der Waals surface area (Å²) in [5.74, 6) is 0.667. The van der Waals surface area contributed by atoms with Gasteiger partial charge in [-0.15, -0.1) is 0 Å². The third kappa shape index (κ3) is 5.28. The fourth-order valence-electron chi connectivity index (χ4n) is 3.64. The molecule has 4 nitrogen and oxygen atoms in total. The number of ether oxygens (including phenoxy) is 2. The smallest absolute Gasteiger partial charge is 0.0900 e. The summed E-state index contributed by atoms with van der Waals surface area (Å²) < 4.78 is 11.1. The molecule has 128 valence electrons. The molecule has 23 heavy (non-hydrogen) atoms. The first-order valence-electron chi connectivity index (χ1n) is 8.96. The van der Waals surface area contributed by atoms with Gasteiger partial charge in [-0.1, -0.05) is 30.3 Å². The summed E-state index contributed by atoms with van der Waals surface area (Å²) >= 11 is 0. The first-order chi connectivity index (χ1) is 11.3. The van der Waals surface area contributed by atoms with Gasteiger partial charge in [0, 0.05) is 13.2 Å². The lowest BCUT2D eigenvalue weighted by atomic mass is 9.89. The minimum absolute atomic E-state index is 0.240. The van der Waals surface area contributed by atoms with Crippen molar-refractivity contribution in [1.29, 1.82) is 0 Å². The van der Waals surface area contributed by atoms with E-state index >= 15 is 0 Å². The molecule has 0 spiro atoms. The van der Waals surface area contributed by atoms with E-state index in [2.05, 4.69) is 35.2 Å². The minimum atomic E-state index is -0.398. The van der Waals surface area contributed by atoms with Crippen LogP contribution in [0.1, 0.15) is 37.2 Å². The van der Waals surface area contributed by atoms with Gasteiger partial charge in [-0.25, -0.2) is 0 Å². The van der Waals surface area contributed by atoms with Gasteiger partial charge in [0.25, 0.3) is 0 Å². The second kappa shape index (κ2) is 8.78. The third-order valence-electron chi connectivity index (χ3n) is 4.97. The van der Waals surface area contributed by atoms with Crippen LogP contribution in [0.15, 0.2) is 30.3 Å². The van der Waals surface area contributed by atoms with Crippen LogP contribution in [0.2, 0.25) is 0 Å². The number of rotatable bonds is 7. The van der Waals surface area contributed by atoms with Crippen LogP contribution >= 0.6 is 0 Å². The highest BCUT2D eigenvalue weighted by molar-refractivity contribution is 5.19. The second-order valence-corrected chi connectivity index (χ2v) is 6.81. The second-order valence-electron chi connectivity index (χ2n) is 6.81. The van der Waals surface area contributed by atoms with Gasteiger partial charge in [-0.3, -0.25) is 0 Å². The standard InChI is InChI=1S/C19H29NO3/c21-18(14-22-15-19-7-4-12-23-19)13-20-10-8-17(9-11-20)16-5-2-1-3-6-16/h1-3,5-6,17-19,21H,4,7-15H2. The first-order valence-corrected chi connectivity index (χ1v) is 8.96. The van der Waals surface area contributed by atoms with Gasteiger partial charge in [0.2, 0.25) is 0 Å². The van der Waals surface area contributed by atoms with Crippen LogP contribution in [-0.2, 0) is 9.47 Å². The maximum atomic E-state index is 10.2. The van der Waals surface area contributed by atoms with Crippen molar-refractivity contribution in [2.45, 2.75) is 43.8 Å². The molecular formula is C19H29NO3. The molecule has 0 amide bonds. The zero-order chi connectivity index (χ0) is 15.9. The van der Waals surface area contributed by atoms with Gasteiger partial charge >= 0.3 is 0 Å². The molecule has 0 aliphatic carbocycles. The van der Waals surface area contributed by atoms with Gasteiger partial charge in [0.1, 0.15) is 0 Å². The number of aliphatic hydroxyl groups excluding tert-OH is 1. The van der Waals surface area contributed by atoms with E-state index in [0.717, 1.165) is 32.5 Å². The molecule has 2 aliphatic rings. The van der Waals surface area contributed by atoms with Crippen LogP contribution in [0, 0.1) is 0 Å². The molecule has 2 unspecified atom stereocenters. The molecule has 2 saturated heterocycles. The molecule has 2 atom stereocenters. The molecule has 3 rings (SSSR count). The van der Waals surface area contributed by atoms with Crippen molar-refractivity contribution >= 4 is 0 Å². The third-order valence-corrected chi connectivity index (χ3v) is 4.97. The Bertz CT molecular complexity index is 439. The van der Waals surface area contributed by atoms with Crippen LogP contribution in [-0.4, -0.2) is 61.7 Å². The number of benzene rings is 1. The van der Waals surface area contributed by atoms with E-state index in [0.29, 0.717) is 25.7 Å². The van der Waals surface area contributed by atoms with Gasteiger partial charge in [0.05, 0.1) is 25.4 Å². The van der Waals surface area contributed by atoms with Crippen molar-refractivity contribution < 1.29 is 14.6 Å². The van der Waals surface area contributed by atoms with Crippen molar-refractivity contribution in [2.75, 3.05) is 39.5 Å². The van der Waals surface area contributed by atoms with Gasteiger partial charge in [0.15, 0.2) is 0 Å². The highest BCUT2D eigenvalue weighted by Crippen LogP contribution is 2.27. The lowest BCUT2D eigenvalue weighted by Crippen LogP contribution is -2.40. The normalized spacial score (nSPS) is 24.8. The number of likely N-dealkylation sites (tertiary alicyclic amines) is 1. The largest absolute Gasteiger partial charge is 0.389 e. The predicted octanol–water partition coefficient (Wildman–Crippen LogP) is 2.42. The Morgan fingerprint density at radius 3 is 2.65 bits per heavy atom. The molecule has 0 aromatic heterocycles. The van der Waals surface area contributed by atoms with Gasteiger partial charge in [-0.05, 0) is 50.3 Å². The van der Waals surface area contributed by atoms with E-state index in [1.54, 1.807) is 0 Å². The molecule has 2 aliphatic heterocycles. The fourth-order valence-corrected chi connectivity index (χ4v) is 3.64. The zero-order valence-corrected chi connectivity index (χ0v) is 13.9. The summed E-state index contributed by atoms with van der Waals surface area (Å²) in [7, 11) is 0. The summed E-state index contributed by atoms with van der Waals surface area (Å²) in [5.41, 5.74) is 1.45. The molecule has 2 fully saturated rings. The predicted molar refractivity (Wildman–Crippen MR) is 90.7 cm³/mol. The molecule has 0 saturated carbocycles.